The Hall–Kier alpha value is -2.09. The van der Waals surface area contributed by atoms with Gasteiger partial charge in [-0.1, -0.05) is 0 Å². The van der Waals surface area contributed by atoms with Crippen molar-refractivity contribution in [1.82, 2.24) is 20.2 Å². The second-order valence-corrected chi connectivity index (χ2v) is 8.96. The molecule has 0 saturated carbocycles. The average molecular weight is 426 g/mol. The Bertz CT molecular complexity index is 719. The number of aryl methyl sites for hydroxylation is 1. The minimum Gasteiger partial charge on any atom is -0.444 e. The number of hydrogen-bond acceptors (Lipinski definition) is 6. The maximum Gasteiger partial charge on any atom is 0.408 e. The van der Waals surface area contributed by atoms with E-state index in [0.717, 1.165) is 36.9 Å². The summed E-state index contributed by atoms with van der Waals surface area (Å²) in [5, 5.41) is 2.79. The number of likely N-dealkylation sites (tertiary alicyclic amines) is 1. The Morgan fingerprint density at radius 2 is 1.93 bits per heavy atom. The van der Waals surface area contributed by atoms with E-state index in [1.165, 1.54) is 0 Å². The molecule has 1 aromatic rings. The summed E-state index contributed by atoms with van der Waals surface area (Å²) >= 11 is 5.83. The van der Waals surface area contributed by atoms with Gasteiger partial charge in [0.05, 0.1) is 0 Å². The minimum atomic E-state index is -0.616. The Morgan fingerprint density at radius 1 is 1.31 bits per heavy atom. The van der Waals surface area contributed by atoms with Crippen LogP contribution in [0.15, 0.2) is 0 Å². The highest BCUT2D eigenvalue weighted by Gasteiger charge is 2.28. The number of amides is 2. The molecule has 0 spiro atoms. The fraction of sp³-hybridized carbons (Fsp3) is 0.700. The Kier molecular flexibility index (Phi) is 7.68. The summed E-state index contributed by atoms with van der Waals surface area (Å²) in [4.78, 5) is 34.5. The standard InChI is InChI=1S/C20H32ClN5O3/c1-12-15(16(22)25-18(21)23-12)7-6-14-8-10-26(11-9-14)17(27)13(2)24-19(28)29-20(3,4)5/h13-14H,6-11H2,1-5H3,(H,24,28)(H2,22,23,25). The first-order valence-electron chi connectivity index (χ1n) is 10.0. The molecule has 1 unspecified atom stereocenters. The molecule has 1 atom stereocenters. The lowest BCUT2D eigenvalue weighted by atomic mass is 9.90. The summed E-state index contributed by atoms with van der Waals surface area (Å²) in [5.41, 5.74) is 7.15. The average Bonchev–Trinajstić information content (AvgIpc) is 2.59. The zero-order valence-corrected chi connectivity index (χ0v) is 18.7. The lowest BCUT2D eigenvalue weighted by molar-refractivity contribution is -0.134. The molecule has 29 heavy (non-hydrogen) atoms. The number of nitrogens with zero attached hydrogens (tertiary/aromatic N) is 3. The van der Waals surface area contributed by atoms with Gasteiger partial charge in [0.15, 0.2) is 0 Å². The molecule has 1 aromatic heterocycles. The van der Waals surface area contributed by atoms with E-state index in [4.69, 9.17) is 22.1 Å². The van der Waals surface area contributed by atoms with Gasteiger partial charge in [0, 0.05) is 24.3 Å². The van der Waals surface area contributed by atoms with E-state index >= 15 is 0 Å². The van der Waals surface area contributed by atoms with Crippen molar-refractivity contribution >= 4 is 29.4 Å². The minimum absolute atomic E-state index is 0.0829. The normalized spacial score (nSPS) is 16.4. The van der Waals surface area contributed by atoms with E-state index in [1.807, 2.05) is 11.8 Å². The second kappa shape index (κ2) is 9.61. The molecule has 2 amide bonds. The fourth-order valence-electron chi connectivity index (χ4n) is 3.50. The summed E-state index contributed by atoms with van der Waals surface area (Å²) in [6.45, 7) is 10.3. The van der Waals surface area contributed by atoms with Crippen LogP contribution in [0.1, 0.15) is 58.2 Å². The number of nitrogen functional groups attached to an aromatic ring is 1. The third kappa shape index (κ3) is 7.03. The first-order chi connectivity index (χ1) is 13.5. The molecule has 2 heterocycles. The third-order valence-electron chi connectivity index (χ3n) is 5.05. The summed E-state index contributed by atoms with van der Waals surface area (Å²) < 4.78 is 5.21. The number of nitrogens with two attached hydrogens (primary N) is 1. The molecule has 1 aliphatic rings. The lowest BCUT2D eigenvalue weighted by Crippen LogP contribution is -2.50. The van der Waals surface area contributed by atoms with Crippen LogP contribution >= 0.6 is 11.6 Å². The van der Waals surface area contributed by atoms with Crippen LogP contribution in [0.3, 0.4) is 0 Å². The number of rotatable bonds is 5. The van der Waals surface area contributed by atoms with Gasteiger partial charge in [-0.25, -0.2) is 14.8 Å². The summed E-state index contributed by atoms with van der Waals surface area (Å²) in [7, 11) is 0. The molecule has 1 fully saturated rings. The fourth-order valence-corrected chi connectivity index (χ4v) is 3.72. The van der Waals surface area contributed by atoms with E-state index in [0.29, 0.717) is 24.8 Å². The van der Waals surface area contributed by atoms with Crippen molar-refractivity contribution < 1.29 is 14.3 Å². The third-order valence-corrected chi connectivity index (χ3v) is 5.22. The molecule has 1 saturated heterocycles. The van der Waals surface area contributed by atoms with Crippen molar-refractivity contribution in [3.63, 3.8) is 0 Å². The first kappa shape index (κ1) is 23.2. The zero-order chi connectivity index (χ0) is 21.8. The summed E-state index contributed by atoms with van der Waals surface area (Å²) in [6, 6.07) is -0.616. The van der Waals surface area contributed by atoms with E-state index < -0.39 is 17.7 Å². The van der Waals surface area contributed by atoms with Crippen molar-refractivity contribution in [1.29, 1.82) is 0 Å². The van der Waals surface area contributed by atoms with Crippen LogP contribution in [0.25, 0.3) is 0 Å². The van der Waals surface area contributed by atoms with Crippen molar-refractivity contribution in [3.8, 4) is 0 Å². The highest BCUT2D eigenvalue weighted by atomic mass is 35.5. The van der Waals surface area contributed by atoms with Gasteiger partial charge in [-0.3, -0.25) is 4.79 Å². The highest BCUT2D eigenvalue weighted by Crippen LogP contribution is 2.25. The van der Waals surface area contributed by atoms with E-state index in [-0.39, 0.29) is 11.2 Å². The van der Waals surface area contributed by atoms with Gasteiger partial charge in [-0.15, -0.1) is 0 Å². The van der Waals surface area contributed by atoms with Gasteiger partial charge >= 0.3 is 6.09 Å². The number of halogens is 1. The molecule has 0 aromatic carbocycles. The van der Waals surface area contributed by atoms with Crippen molar-refractivity contribution in [2.45, 2.75) is 71.9 Å². The number of hydrogen-bond donors (Lipinski definition) is 2. The maximum absolute atomic E-state index is 12.6. The van der Waals surface area contributed by atoms with Crippen LogP contribution in [0.5, 0.6) is 0 Å². The molecule has 3 N–H and O–H groups in total. The lowest BCUT2D eigenvalue weighted by Gasteiger charge is -2.34. The molecule has 2 rings (SSSR count). The van der Waals surface area contributed by atoms with Crippen LogP contribution in [0, 0.1) is 12.8 Å². The number of carbonyl (C=O) groups is 2. The molecule has 0 radical (unpaired) electrons. The summed E-state index contributed by atoms with van der Waals surface area (Å²) in [6.07, 6.45) is 3.01. The maximum atomic E-state index is 12.6. The predicted octanol–water partition coefficient (Wildman–Crippen LogP) is 3.11. The molecule has 162 valence electrons. The number of carbonyl (C=O) groups excluding carboxylic acids is 2. The van der Waals surface area contributed by atoms with Crippen LogP contribution in [-0.2, 0) is 16.0 Å². The molecule has 0 bridgehead atoms. The van der Waals surface area contributed by atoms with Crippen LogP contribution in [-0.4, -0.2) is 51.6 Å². The molecule has 8 nitrogen and oxygen atoms in total. The smallest absolute Gasteiger partial charge is 0.408 e. The van der Waals surface area contributed by atoms with Crippen molar-refractivity contribution in [2.75, 3.05) is 18.8 Å². The number of ether oxygens (including phenoxy) is 1. The highest BCUT2D eigenvalue weighted by molar-refractivity contribution is 6.28. The Labute approximate surface area is 177 Å². The van der Waals surface area contributed by atoms with E-state index in [2.05, 4.69) is 15.3 Å². The van der Waals surface area contributed by atoms with Crippen molar-refractivity contribution in [2.24, 2.45) is 5.92 Å². The van der Waals surface area contributed by atoms with E-state index in [9.17, 15) is 9.59 Å². The molecular formula is C20H32ClN5O3. The van der Waals surface area contributed by atoms with Gasteiger partial charge in [-0.05, 0) is 77.8 Å². The van der Waals surface area contributed by atoms with Crippen LogP contribution in [0.4, 0.5) is 10.6 Å². The number of aromatic nitrogens is 2. The predicted molar refractivity (Wildman–Crippen MR) is 113 cm³/mol. The van der Waals surface area contributed by atoms with Gasteiger partial charge in [0.2, 0.25) is 11.2 Å². The molecule has 9 heteroatoms. The SMILES string of the molecule is Cc1nc(Cl)nc(N)c1CCC1CCN(C(=O)C(C)NC(=O)OC(C)(C)C)CC1. The monoisotopic (exact) mass is 425 g/mol. The number of alkyl carbamates (subject to hydrolysis) is 1. The van der Waals surface area contributed by atoms with Gasteiger partial charge < -0.3 is 20.7 Å². The van der Waals surface area contributed by atoms with Crippen LogP contribution < -0.4 is 11.1 Å². The van der Waals surface area contributed by atoms with E-state index in [1.54, 1.807) is 27.7 Å². The zero-order valence-electron chi connectivity index (χ0n) is 17.9. The summed E-state index contributed by atoms with van der Waals surface area (Å²) in [5.74, 6) is 0.861. The number of anilines is 1. The molecular weight excluding hydrogens is 394 g/mol. The van der Waals surface area contributed by atoms with Gasteiger partial charge in [-0.2, -0.15) is 0 Å². The van der Waals surface area contributed by atoms with Crippen molar-refractivity contribution in [3.05, 3.63) is 16.5 Å². The van der Waals surface area contributed by atoms with Crippen LogP contribution in [0.2, 0.25) is 5.28 Å². The second-order valence-electron chi connectivity index (χ2n) is 8.62. The Morgan fingerprint density at radius 3 is 2.48 bits per heavy atom. The molecule has 0 aliphatic carbocycles. The largest absolute Gasteiger partial charge is 0.444 e. The number of nitrogens with one attached hydrogen (secondary N) is 1. The molecule has 1 aliphatic heterocycles. The van der Waals surface area contributed by atoms with Gasteiger partial charge in [0.1, 0.15) is 17.5 Å². The number of piperidine rings is 1. The van der Waals surface area contributed by atoms with Gasteiger partial charge in [0.25, 0.3) is 0 Å². The Balaban J connectivity index is 1.80. The quantitative estimate of drug-likeness (QED) is 0.701. The topological polar surface area (TPSA) is 110 Å². The first-order valence-corrected chi connectivity index (χ1v) is 10.4.